The molecule has 176 valence electrons. The molecule has 0 saturated carbocycles. The molecule has 0 aromatic heterocycles. The minimum atomic E-state index is -2.01. The minimum absolute atomic E-state index is 0.0919. The number of rotatable bonds is 9. The Kier molecular flexibility index (Phi) is 8.29. The topological polar surface area (TPSA) is 46.2 Å². The number of ether oxygens (including phenoxy) is 4. The van der Waals surface area contributed by atoms with Gasteiger partial charge in [-0.15, -0.1) is 0 Å². The summed E-state index contributed by atoms with van der Waals surface area (Å²) in [5.41, 5.74) is 3.21. The molecule has 0 bridgehead atoms. The highest BCUT2D eigenvalue weighted by atomic mass is 28.4. The standard InChI is InChI=1S/C26H38O5Si/c1-11-19(20-16-23(28-6)25(30-8)24(17-20)29-7)14-18-12-13-21(27-5)22(15-18)31-32(9,10)26(2,3)4/h12-17H,11H2,1-10H3/b19-14-. The highest BCUT2D eigenvalue weighted by molar-refractivity contribution is 6.74. The van der Waals surface area contributed by atoms with Crippen LogP contribution in [0.4, 0.5) is 0 Å². The van der Waals surface area contributed by atoms with Gasteiger partial charge in [0.2, 0.25) is 5.75 Å². The van der Waals surface area contributed by atoms with E-state index in [1.54, 1.807) is 28.4 Å². The SMILES string of the molecule is CC/C(=C/c1ccc(OC)c(O[Si](C)(C)C(C)(C)C)c1)c1cc(OC)c(OC)c(OC)c1. The average Bonchev–Trinajstić information content (AvgIpc) is 2.75. The van der Waals surface area contributed by atoms with Gasteiger partial charge in [0.15, 0.2) is 17.2 Å². The maximum atomic E-state index is 6.58. The minimum Gasteiger partial charge on any atom is -0.541 e. The molecule has 0 amide bonds. The molecule has 5 nitrogen and oxygen atoms in total. The number of hydrogen-bond donors (Lipinski definition) is 0. The fraction of sp³-hybridized carbons (Fsp3) is 0.462. The molecule has 0 aliphatic carbocycles. The van der Waals surface area contributed by atoms with Crippen molar-refractivity contribution in [3.8, 4) is 28.7 Å². The summed E-state index contributed by atoms with van der Waals surface area (Å²) in [6, 6.07) is 10.0. The lowest BCUT2D eigenvalue weighted by Crippen LogP contribution is -2.43. The fourth-order valence-electron chi connectivity index (χ4n) is 3.15. The van der Waals surface area contributed by atoms with E-state index in [2.05, 4.69) is 52.9 Å². The summed E-state index contributed by atoms with van der Waals surface area (Å²) in [6.07, 6.45) is 3.00. The fourth-order valence-corrected chi connectivity index (χ4v) is 4.16. The van der Waals surface area contributed by atoms with Gasteiger partial charge in [-0.3, -0.25) is 0 Å². The van der Waals surface area contributed by atoms with E-state index in [9.17, 15) is 0 Å². The predicted octanol–water partition coefficient (Wildman–Crippen LogP) is 7.06. The predicted molar refractivity (Wildman–Crippen MR) is 135 cm³/mol. The van der Waals surface area contributed by atoms with Gasteiger partial charge >= 0.3 is 0 Å². The number of hydrogen-bond acceptors (Lipinski definition) is 5. The Bertz CT molecular complexity index is 932. The Balaban J connectivity index is 2.54. The van der Waals surface area contributed by atoms with Crippen LogP contribution in [-0.4, -0.2) is 36.8 Å². The zero-order chi connectivity index (χ0) is 24.1. The molecule has 0 N–H and O–H groups in total. The zero-order valence-corrected chi connectivity index (χ0v) is 22.2. The quantitative estimate of drug-likeness (QED) is 0.297. The van der Waals surface area contributed by atoms with Crippen molar-refractivity contribution >= 4 is 20.0 Å². The maximum absolute atomic E-state index is 6.58. The molecule has 0 unspecified atom stereocenters. The Morgan fingerprint density at radius 2 is 1.38 bits per heavy atom. The smallest absolute Gasteiger partial charge is 0.250 e. The molecule has 0 saturated heterocycles. The first-order valence-electron chi connectivity index (χ1n) is 10.9. The lowest BCUT2D eigenvalue weighted by molar-refractivity contribution is 0.324. The Hall–Kier alpha value is -2.60. The van der Waals surface area contributed by atoms with Gasteiger partial charge < -0.3 is 23.4 Å². The van der Waals surface area contributed by atoms with E-state index in [0.29, 0.717) is 17.2 Å². The molecule has 2 aromatic carbocycles. The van der Waals surface area contributed by atoms with Crippen molar-refractivity contribution in [2.75, 3.05) is 28.4 Å². The van der Waals surface area contributed by atoms with Crippen LogP contribution in [0.15, 0.2) is 30.3 Å². The van der Waals surface area contributed by atoms with Crippen LogP contribution in [0.2, 0.25) is 18.1 Å². The molecule has 0 heterocycles. The molecule has 0 spiro atoms. The van der Waals surface area contributed by atoms with Crippen molar-refractivity contribution < 1.29 is 23.4 Å². The van der Waals surface area contributed by atoms with Gasteiger partial charge in [-0.05, 0) is 65.5 Å². The molecular formula is C26H38O5Si. The average molecular weight is 459 g/mol. The lowest BCUT2D eigenvalue weighted by Gasteiger charge is -2.36. The Morgan fingerprint density at radius 3 is 1.81 bits per heavy atom. The summed E-state index contributed by atoms with van der Waals surface area (Å²) in [5.74, 6) is 3.39. The van der Waals surface area contributed by atoms with E-state index in [-0.39, 0.29) is 5.04 Å². The van der Waals surface area contributed by atoms with Crippen molar-refractivity contribution in [3.05, 3.63) is 41.5 Å². The molecule has 0 radical (unpaired) electrons. The highest BCUT2D eigenvalue weighted by Crippen LogP contribution is 2.42. The van der Waals surface area contributed by atoms with E-state index in [4.69, 9.17) is 23.4 Å². The summed E-state index contributed by atoms with van der Waals surface area (Å²) in [5, 5.41) is 0.0919. The van der Waals surface area contributed by atoms with Crippen LogP contribution in [0.3, 0.4) is 0 Å². The number of methoxy groups -OCH3 is 4. The van der Waals surface area contributed by atoms with E-state index in [0.717, 1.165) is 34.6 Å². The summed E-state index contributed by atoms with van der Waals surface area (Å²) in [7, 11) is 4.53. The van der Waals surface area contributed by atoms with Crippen molar-refractivity contribution in [1.29, 1.82) is 0 Å². The summed E-state index contributed by atoms with van der Waals surface area (Å²) < 4.78 is 28.7. The second-order valence-electron chi connectivity index (χ2n) is 9.21. The molecule has 0 aliphatic heterocycles. The van der Waals surface area contributed by atoms with Crippen molar-refractivity contribution in [2.24, 2.45) is 0 Å². The van der Waals surface area contributed by atoms with Crippen LogP contribution in [-0.2, 0) is 0 Å². The zero-order valence-electron chi connectivity index (χ0n) is 21.2. The van der Waals surface area contributed by atoms with Crippen LogP contribution >= 0.6 is 0 Å². The first-order chi connectivity index (χ1) is 15.0. The normalized spacial score (nSPS) is 12.4. The Labute approximate surface area is 194 Å². The van der Waals surface area contributed by atoms with Crippen molar-refractivity contribution in [1.82, 2.24) is 0 Å². The van der Waals surface area contributed by atoms with Crippen molar-refractivity contribution in [3.63, 3.8) is 0 Å². The highest BCUT2D eigenvalue weighted by Gasteiger charge is 2.39. The van der Waals surface area contributed by atoms with Gasteiger partial charge in [0.05, 0.1) is 28.4 Å². The molecule has 2 rings (SSSR count). The largest absolute Gasteiger partial charge is 0.541 e. The van der Waals surface area contributed by atoms with Gasteiger partial charge in [-0.2, -0.15) is 0 Å². The first kappa shape index (κ1) is 25.7. The molecule has 0 fully saturated rings. The van der Waals surface area contributed by atoms with Gasteiger partial charge in [0.1, 0.15) is 5.75 Å². The van der Waals surface area contributed by atoms with Gasteiger partial charge in [-0.25, -0.2) is 0 Å². The third-order valence-corrected chi connectivity index (χ3v) is 10.5. The summed E-state index contributed by atoms with van der Waals surface area (Å²) in [6.45, 7) is 13.3. The first-order valence-corrected chi connectivity index (χ1v) is 13.8. The molecule has 32 heavy (non-hydrogen) atoms. The van der Waals surface area contributed by atoms with Crippen LogP contribution in [0.1, 0.15) is 45.2 Å². The van der Waals surface area contributed by atoms with E-state index in [1.165, 1.54) is 0 Å². The van der Waals surface area contributed by atoms with Crippen molar-refractivity contribution in [2.45, 2.75) is 52.2 Å². The summed E-state index contributed by atoms with van der Waals surface area (Å²) in [4.78, 5) is 0. The van der Waals surface area contributed by atoms with Crippen LogP contribution in [0.25, 0.3) is 11.6 Å². The third kappa shape index (κ3) is 5.60. The van der Waals surface area contributed by atoms with Gasteiger partial charge in [-0.1, -0.05) is 39.8 Å². The Morgan fingerprint density at radius 1 is 0.812 bits per heavy atom. The molecule has 0 atom stereocenters. The van der Waals surface area contributed by atoms with Crippen LogP contribution in [0.5, 0.6) is 28.7 Å². The van der Waals surface area contributed by atoms with E-state index in [1.807, 2.05) is 24.3 Å². The lowest BCUT2D eigenvalue weighted by atomic mass is 9.99. The third-order valence-electron chi connectivity index (χ3n) is 6.12. The number of allylic oxidation sites excluding steroid dienone is 1. The van der Waals surface area contributed by atoms with E-state index >= 15 is 0 Å². The monoisotopic (exact) mass is 458 g/mol. The summed E-state index contributed by atoms with van der Waals surface area (Å²) >= 11 is 0. The second kappa shape index (κ2) is 10.3. The molecular weight excluding hydrogens is 420 g/mol. The molecule has 0 aliphatic rings. The molecule has 2 aromatic rings. The maximum Gasteiger partial charge on any atom is 0.250 e. The van der Waals surface area contributed by atoms with Crippen LogP contribution < -0.4 is 23.4 Å². The second-order valence-corrected chi connectivity index (χ2v) is 13.9. The van der Waals surface area contributed by atoms with Gasteiger partial charge in [0.25, 0.3) is 8.32 Å². The van der Waals surface area contributed by atoms with Crippen LogP contribution in [0, 0.1) is 0 Å². The number of benzene rings is 2. The van der Waals surface area contributed by atoms with E-state index < -0.39 is 8.32 Å². The molecule has 6 heteroatoms. The van der Waals surface area contributed by atoms with Gasteiger partial charge in [0, 0.05) is 0 Å².